The number of amides is 1. The molecule has 6 nitrogen and oxygen atoms in total. The van der Waals surface area contributed by atoms with Crippen LogP contribution in [0.5, 0.6) is 0 Å². The molecule has 4 aromatic rings. The fraction of sp³-hybridized carbons (Fsp3) is 0.130. The van der Waals surface area contributed by atoms with Gasteiger partial charge in [0.1, 0.15) is 5.82 Å². The van der Waals surface area contributed by atoms with E-state index in [1.165, 1.54) is 16.7 Å². The van der Waals surface area contributed by atoms with E-state index in [4.69, 9.17) is 0 Å². The van der Waals surface area contributed by atoms with E-state index in [0.717, 1.165) is 29.5 Å². The van der Waals surface area contributed by atoms with Crippen molar-refractivity contribution in [3.8, 4) is 5.82 Å². The Kier molecular flexibility index (Phi) is 6.19. The molecule has 0 bridgehead atoms. The van der Waals surface area contributed by atoms with Crippen molar-refractivity contribution in [3.63, 3.8) is 0 Å². The lowest BCUT2D eigenvalue weighted by Gasteiger charge is -2.13. The van der Waals surface area contributed by atoms with Crippen LogP contribution in [0.3, 0.4) is 0 Å². The third kappa shape index (κ3) is 5.06. The fourth-order valence-electron chi connectivity index (χ4n) is 3.10. The second-order valence-electron chi connectivity index (χ2n) is 7.16. The summed E-state index contributed by atoms with van der Waals surface area (Å²) < 4.78 is 40.0. The molecular formula is C23H17F3N4O2S. The molecule has 168 valence electrons. The summed E-state index contributed by atoms with van der Waals surface area (Å²) in [5.41, 5.74) is 0.211. The number of alkyl halides is 3. The molecule has 33 heavy (non-hydrogen) atoms. The monoisotopic (exact) mass is 470 g/mol. The minimum Gasteiger partial charge on any atom is -0.325 e. The van der Waals surface area contributed by atoms with Gasteiger partial charge in [0, 0.05) is 11.9 Å². The first kappa shape index (κ1) is 22.5. The lowest BCUT2D eigenvalue weighted by atomic mass is 10.2. The van der Waals surface area contributed by atoms with Crippen molar-refractivity contribution in [2.24, 2.45) is 0 Å². The number of aromatic nitrogens is 3. The van der Waals surface area contributed by atoms with E-state index in [1.54, 1.807) is 42.6 Å². The number of anilines is 1. The zero-order valence-corrected chi connectivity index (χ0v) is 18.1. The van der Waals surface area contributed by atoms with Gasteiger partial charge in [-0.1, -0.05) is 36.0 Å². The highest BCUT2D eigenvalue weighted by Crippen LogP contribution is 2.30. The maximum Gasteiger partial charge on any atom is 0.416 e. The molecular weight excluding hydrogens is 453 g/mol. The number of para-hydroxylation sites is 1. The van der Waals surface area contributed by atoms with Gasteiger partial charge in [0.15, 0.2) is 5.16 Å². The van der Waals surface area contributed by atoms with Crippen LogP contribution in [-0.2, 0) is 11.0 Å². The van der Waals surface area contributed by atoms with E-state index in [9.17, 15) is 22.8 Å². The molecule has 0 spiro atoms. The van der Waals surface area contributed by atoms with Gasteiger partial charge in [-0.05, 0) is 48.9 Å². The number of benzene rings is 2. The number of nitrogens with one attached hydrogen (secondary N) is 1. The van der Waals surface area contributed by atoms with E-state index in [2.05, 4.69) is 15.3 Å². The summed E-state index contributed by atoms with van der Waals surface area (Å²) in [5.74, 6) is -0.359. The average molecular weight is 470 g/mol. The van der Waals surface area contributed by atoms with Crippen molar-refractivity contribution in [1.82, 2.24) is 14.5 Å². The van der Waals surface area contributed by atoms with Crippen molar-refractivity contribution in [2.45, 2.75) is 18.3 Å². The molecule has 10 heteroatoms. The molecule has 0 fully saturated rings. The van der Waals surface area contributed by atoms with Crippen LogP contribution in [0.1, 0.15) is 11.1 Å². The lowest BCUT2D eigenvalue weighted by Crippen LogP contribution is -2.23. The number of fused-ring (bicyclic) bond motifs is 1. The highest BCUT2D eigenvalue weighted by atomic mass is 32.2. The minimum absolute atomic E-state index is 0.0273. The van der Waals surface area contributed by atoms with Gasteiger partial charge >= 0.3 is 6.18 Å². The smallest absolute Gasteiger partial charge is 0.325 e. The average Bonchev–Trinajstić information content (AvgIpc) is 2.78. The Balaban J connectivity index is 1.62. The van der Waals surface area contributed by atoms with Crippen molar-refractivity contribution in [3.05, 3.63) is 88.3 Å². The molecule has 4 rings (SSSR count). The van der Waals surface area contributed by atoms with Crippen LogP contribution in [-0.4, -0.2) is 26.2 Å². The van der Waals surface area contributed by atoms with Crippen LogP contribution in [0.2, 0.25) is 0 Å². The number of carbonyl (C=O) groups excluding carboxylic acids is 1. The Morgan fingerprint density at radius 2 is 1.88 bits per heavy atom. The molecule has 2 aromatic heterocycles. The number of thioether (sulfide) groups is 1. The third-order valence-corrected chi connectivity index (χ3v) is 5.61. The number of halogens is 3. The summed E-state index contributed by atoms with van der Waals surface area (Å²) in [6, 6.07) is 14.7. The van der Waals surface area contributed by atoms with Crippen LogP contribution in [0.4, 0.5) is 18.9 Å². The summed E-state index contributed by atoms with van der Waals surface area (Å²) in [6.45, 7) is 1.87. The first-order valence-electron chi connectivity index (χ1n) is 9.77. The first-order chi connectivity index (χ1) is 15.7. The first-order valence-corrected chi connectivity index (χ1v) is 10.8. The predicted molar refractivity (Wildman–Crippen MR) is 121 cm³/mol. The van der Waals surface area contributed by atoms with E-state index in [0.29, 0.717) is 16.7 Å². The summed E-state index contributed by atoms with van der Waals surface area (Å²) >= 11 is 0.990. The molecule has 1 amide bonds. The molecule has 0 radical (unpaired) electrons. The molecule has 0 aliphatic rings. The quantitative estimate of drug-likeness (QED) is 0.334. The summed E-state index contributed by atoms with van der Waals surface area (Å²) in [6.07, 6.45) is -2.90. The number of hydrogen-bond donors (Lipinski definition) is 1. The maximum absolute atomic E-state index is 13.2. The van der Waals surface area contributed by atoms with Gasteiger partial charge < -0.3 is 5.32 Å². The van der Waals surface area contributed by atoms with Gasteiger partial charge in [0.25, 0.3) is 5.56 Å². The topological polar surface area (TPSA) is 76.9 Å². The summed E-state index contributed by atoms with van der Waals surface area (Å²) in [5, 5.41) is 3.10. The van der Waals surface area contributed by atoms with Gasteiger partial charge in [0.2, 0.25) is 5.91 Å². The number of pyridine rings is 1. The number of nitrogens with zero attached hydrogens (tertiary/aromatic N) is 3. The molecule has 0 aliphatic heterocycles. The number of aryl methyl sites for hydroxylation is 1. The lowest BCUT2D eigenvalue weighted by molar-refractivity contribution is -0.137. The SMILES string of the molecule is Cc1ccc(-n2c(SCC(=O)Nc3cccc(C(F)(F)F)c3)nc3ccccc3c2=O)nc1. The zero-order chi connectivity index (χ0) is 23.6. The highest BCUT2D eigenvalue weighted by Gasteiger charge is 2.30. The Hall–Kier alpha value is -3.66. The van der Waals surface area contributed by atoms with E-state index in [-0.39, 0.29) is 22.2 Å². The second kappa shape index (κ2) is 9.07. The van der Waals surface area contributed by atoms with E-state index in [1.807, 2.05) is 6.92 Å². The van der Waals surface area contributed by atoms with Gasteiger partial charge in [-0.25, -0.2) is 14.5 Å². The Labute approximate surface area is 190 Å². The number of carbonyl (C=O) groups is 1. The standard InChI is InChI=1S/C23H17F3N4O2S/c1-14-9-10-19(27-12-14)30-21(32)17-7-2-3-8-18(17)29-22(30)33-13-20(31)28-16-6-4-5-15(11-16)23(24,25)26/h2-12H,13H2,1H3,(H,28,31). The van der Waals surface area contributed by atoms with Crippen molar-refractivity contribution in [2.75, 3.05) is 11.1 Å². The van der Waals surface area contributed by atoms with E-state index >= 15 is 0 Å². The molecule has 0 saturated heterocycles. The van der Waals surface area contributed by atoms with Gasteiger partial charge in [0.05, 0.1) is 22.2 Å². The van der Waals surface area contributed by atoms with Crippen LogP contribution < -0.4 is 10.9 Å². The Morgan fingerprint density at radius 1 is 1.09 bits per heavy atom. The zero-order valence-electron chi connectivity index (χ0n) is 17.3. The van der Waals surface area contributed by atoms with Gasteiger partial charge in [-0.2, -0.15) is 13.2 Å². The fourth-order valence-corrected chi connectivity index (χ4v) is 3.90. The Bertz CT molecular complexity index is 1390. The normalized spacial score (nSPS) is 11.5. The predicted octanol–water partition coefficient (Wildman–Crippen LogP) is 4.84. The highest BCUT2D eigenvalue weighted by molar-refractivity contribution is 7.99. The summed E-state index contributed by atoms with van der Waals surface area (Å²) in [4.78, 5) is 34.4. The molecule has 0 aliphatic carbocycles. The van der Waals surface area contributed by atoms with Crippen molar-refractivity contribution < 1.29 is 18.0 Å². The second-order valence-corrected chi connectivity index (χ2v) is 8.10. The Morgan fingerprint density at radius 3 is 2.61 bits per heavy atom. The van der Waals surface area contributed by atoms with Crippen molar-refractivity contribution >= 4 is 34.3 Å². The van der Waals surface area contributed by atoms with E-state index < -0.39 is 17.6 Å². The van der Waals surface area contributed by atoms with Crippen molar-refractivity contribution in [1.29, 1.82) is 0 Å². The minimum atomic E-state index is -4.51. The largest absolute Gasteiger partial charge is 0.416 e. The third-order valence-electron chi connectivity index (χ3n) is 4.68. The number of rotatable bonds is 5. The number of hydrogen-bond acceptors (Lipinski definition) is 5. The molecule has 0 saturated carbocycles. The van der Waals surface area contributed by atoms with Crippen LogP contribution in [0.15, 0.2) is 76.8 Å². The van der Waals surface area contributed by atoms with Gasteiger partial charge in [-0.15, -0.1) is 0 Å². The molecule has 2 heterocycles. The molecule has 2 aromatic carbocycles. The molecule has 0 unspecified atom stereocenters. The van der Waals surface area contributed by atoms with Crippen LogP contribution >= 0.6 is 11.8 Å². The summed E-state index contributed by atoms with van der Waals surface area (Å²) in [7, 11) is 0. The molecule has 0 atom stereocenters. The van der Waals surface area contributed by atoms with Crippen LogP contribution in [0, 0.1) is 6.92 Å². The molecule has 1 N–H and O–H groups in total. The maximum atomic E-state index is 13.2. The van der Waals surface area contributed by atoms with Gasteiger partial charge in [-0.3, -0.25) is 9.59 Å². The van der Waals surface area contributed by atoms with Crippen LogP contribution in [0.25, 0.3) is 16.7 Å².